The molecular weight excluding hydrogens is 500 g/mol. The first-order chi connectivity index (χ1) is 19.6. The average Bonchev–Trinajstić information content (AvgIpc) is 3.19. The van der Waals surface area contributed by atoms with Crippen LogP contribution in [0.1, 0.15) is 37.5 Å². The second kappa shape index (κ2) is 9.39. The van der Waals surface area contributed by atoms with Crippen LogP contribution in [0.15, 0.2) is 120 Å². The zero-order valence-corrected chi connectivity index (χ0v) is 21.3. The fourth-order valence-electron chi connectivity index (χ4n) is 5.46. The highest BCUT2D eigenvalue weighted by Crippen LogP contribution is 2.34. The Bertz CT molecular complexity index is 1820. The first-order valence-electron chi connectivity index (χ1n) is 13.0. The van der Waals surface area contributed by atoms with Gasteiger partial charge in [0.25, 0.3) is 17.7 Å². The second-order valence-electron chi connectivity index (χ2n) is 9.66. The molecule has 0 saturated carbocycles. The minimum Gasteiger partial charge on any atom is -0.302 e. The van der Waals surface area contributed by atoms with Crippen molar-refractivity contribution in [3.63, 3.8) is 0 Å². The number of aromatic nitrogens is 1. The summed E-state index contributed by atoms with van der Waals surface area (Å²) >= 11 is 0. The number of aliphatic imine (C=N–C) groups is 1. The minimum atomic E-state index is -1.40. The first-order valence-corrected chi connectivity index (χ1v) is 13.0. The van der Waals surface area contributed by atoms with E-state index in [1.165, 1.54) is 0 Å². The van der Waals surface area contributed by atoms with Crippen LogP contribution in [0.25, 0.3) is 10.8 Å². The van der Waals surface area contributed by atoms with Gasteiger partial charge in [-0.3, -0.25) is 19.4 Å². The van der Waals surface area contributed by atoms with Crippen LogP contribution in [0.3, 0.4) is 0 Å². The number of benzodiazepines with no additional fused rings is 1. The Morgan fingerprint density at radius 3 is 2.02 bits per heavy atom. The number of amides is 3. The van der Waals surface area contributed by atoms with Gasteiger partial charge in [0.05, 0.1) is 34.8 Å². The molecule has 0 saturated heterocycles. The van der Waals surface area contributed by atoms with Crippen LogP contribution in [0.2, 0.25) is 0 Å². The summed E-state index contributed by atoms with van der Waals surface area (Å²) in [6.07, 6.45) is 0.323. The summed E-state index contributed by atoms with van der Waals surface area (Å²) in [4.78, 5) is 53.7. The molecule has 0 bridgehead atoms. The average molecular weight is 523 g/mol. The van der Waals surface area contributed by atoms with Gasteiger partial charge in [-0.25, -0.2) is 9.89 Å². The van der Waals surface area contributed by atoms with E-state index >= 15 is 0 Å². The number of hydrogen-bond acceptors (Lipinski definition) is 5. The van der Waals surface area contributed by atoms with Gasteiger partial charge in [-0.15, -0.1) is 0 Å². The number of pyridine rings is 1. The molecule has 1 aromatic heterocycles. The van der Waals surface area contributed by atoms with Crippen molar-refractivity contribution in [3.05, 3.63) is 143 Å². The van der Waals surface area contributed by atoms with Crippen molar-refractivity contribution in [1.29, 1.82) is 0 Å². The van der Waals surface area contributed by atoms with Crippen LogP contribution in [-0.2, 0) is 11.3 Å². The van der Waals surface area contributed by atoms with Crippen LogP contribution in [0.5, 0.6) is 0 Å². The highest BCUT2D eigenvalue weighted by molar-refractivity contribution is 6.25. The Morgan fingerprint density at radius 1 is 0.650 bits per heavy atom. The van der Waals surface area contributed by atoms with E-state index in [0.717, 1.165) is 26.8 Å². The lowest BCUT2D eigenvalue weighted by molar-refractivity contribution is -0.122. The zero-order chi connectivity index (χ0) is 27.2. The lowest BCUT2D eigenvalue weighted by Gasteiger charge is -2.28. The van der Waals surface area contributed by atoms with Crippen LogP contribution >= 0.6 is 0 Å². The standard InChI is InChI=1S/C33H22N4O3/c38-31-24-14-6-7-15-25(24)32(39)37(31)30-33(40)36(20-27-23-13-5-4-10-21(23)18-19-34-27)28-17-9-8-16-26(28)29(35-30)22-11-2-1-3-12-22/h1-19,30H,20H2/t30-/m0/s1. The maximum Gasteiger partial charge on any atom is 0.273 e. The van der Waals surface area contributed by atoms with Gasteiger partial charge in [0.1, 0.15) is 0 Å². The van der Waals surface area contributed by atoms with Crippen molar-refractivity contribution in [2.75, 3.05) is 4.90 Å². The largest absolute Gasteiger partial charge is 0.302 e. The molecule has 7 heteroatoms. The van der Waals surface area contributed by atoms with Crippen molar-refractivity contribution in [3.8, 4) is 0 Å². The van der Waals surface area contributed by atoms with Crippen molar-refractivity contribution in [1.82, 2.24) is 9.88 Å². The van der Waals surface area contributed by atoms with E-state index in [4.69, 9.17) is 4.99 Å². The summed E-state index contributed by atoms with van der Waals surface area (Å²) in [7, 11) is 0. The molecule has 4 aromatic carbocycles. The molecule has 3 amide bonds. The molecular formula is C33H22N4O3. The minimum absolute atomic E-state index is 0.133. The van der Waals surface area contributed by atoms with Gasteiger partial charge in [-0.1, -0.05) is 84.9 Å². The van der Waals surface area contributed by atoms with E-state index in [1.54, 1.807) is 35.4 Å². The molecule has 7 nitrogen and oxygen atoms in total. The van der Waals surface area contributed by atoms with Gasteiger partial charge >= 0.3 is 0 Å². The fraction of sp³-hybridized carbons (Fsp3) is 0.0606. The van der Waals surface area contributed by atoms with Crippen LogP contribution in [0, 0.1) is 0 Å². The molecule has 2 aliphatic heterocycles. The van der Waals surface area contributed by atoms with Crippen LogP contribution in [-0.4, -0.2) is 39.5 Å². The Balaban J connectivity index is 1.43. The lowest BCUT2D eigenvalue weighted by Crippen LogP contribution is -2.49. The predicted octanol–water partition coefficient (Wildman–Crippen LogP) is 5.24. The summed E-state index contributed by atoms with van der Waals surface area (Å²) in [6.45, 7) is 0.133. The monoisotopic (exact) mass is 522 g/mol. The third kappa shape index (κ3) is 3.71. The molecule has 1 atom stereocenters. The molecule has 7 rings (SSSR count). The number of anilines is 1. The molecule has 0 aliphatic carbocycles. The first kappa shape index (κ1) is 23.7. The number of rotatable bonds is 4. The SMILES string of the molecule is O=C1[C@H](N2C(=O)c3ccccc3C2=O)N=C(c2ccccc2)c2ccccc2N1Cc1nccc2ccccc12. The number of fused-ring (bicyclic) bond motifs is 3. The molecule has 5 aromatic rings. The van der Waals surface area contributed by atoms with E-state index in [0.29, 0.717) is 17.1 Å². The van der Waals surface area contributed by atoms with E-state index < -0.39 is 23.9 Å². The molecule has 0 N–H and O–H groups in total. The Labute approximate surface area is 230 Å². The van der Waals surface area contributed by atoms with Gasteiger partial charge in [0.15, 0.2) is 0 Å². The summed E-state index contributed by atoms with van der Waals surface area (Å²) in [5.74, 6) is -1.56. The summed E-state index contributed by atoms with van der Waals surface area (Å²) in [6, 6.07) is 33.4. The Morgan fingerprint density at radius 2 is 1.27 bits per heavy atom. The lowest BCUT2D eigenvalue weighted by atomic mass is 10.00. The Kier molecular flexibility index (Phi) is 5.56. The van der Waals surface area contributed by atoms with E-state index in [-0.39, 0.29) is 17.7 Å². The second-order valence-corrected chi connectivity index (χ2v) is 9.66. The maximum atomic E-state index is 14.5. The number of benzene rings is 4. The summed E-state index contributed by atoms with van der Waals surface area (Å²) < 4.78 is 0. The molecule has 40 heavy (non-hydrogen) atoms. The molecule has 3 heterocycles. The van der Waals surface area contributed by atoms with Gasteiger partial charge in [-0.2, -0.15) is 0 Å². The number of nitrogens with zero attached hydrogens (tertiary/aromatic N) is 4. The molecule has 192 valence electrons. The fourth-order valence-corrected chi connectivity index (χ4v) is 5.46. The molecule has 0 unspecified atom stereocenters. The van der Waals surface area contributed by atoms with Gasteiger partial charge < -0.3 is 4.90 Å². The van der Waals surface area contributed by atoms with Crippen molar-refractivity contribution >= 4 is 39.9 Å². The maximum absolute atomic E-state index is 14.5. The predicted molar refractivity (Wildman–Crippen MR) is 152 cm³/mol. The van der Waals surface area contributed by atoms with Crippen molar-refractivity contribution in [2.45, 2.75) is 12.7 Å². The number of carbonyl (C=O) groups is 3. The zero-order valence-electron chi connectivity index (χ0n) is 21.3. The Hall–Kier alpha value is -5.43. The topological polar surface area (TPSA) is 82.9 Å². The molecule has 0 spiro atoms. The number of hydrogen-bond donors (Lipinski definition) is 0. The van der Waals surface area contributed by atoms with Crippen LogP contribution < -0.4 is 4.90 Å². The van der Waals surface area contributed by atoms with Crippen molar-refractivity contribution in [2.24, 2.45) is 4.99 Å². The molecule has 0 radical (unpaired) electrons. The van der Waals surface area contributed by atoms with Gasteiger partial charge in [-0.05, 0) is 29.7 Å². The van der Waals surface area contributed by atoms with E-state index in [2.05, 4.69) is 4.98 Å². The number of imide groups is 1. The van der Waals surface area contributed by atoms with E-state index in [9.17, 15) is 14.4 Å². The van der Waals surface area contributed by atoms with Gasteiger partial charge in [0.2, 0.25) is 6.17 Å². The van der Waals surface area contributed by atoms with Crippen LogP contribution in [0.4, 0.5) is 5.69 Å². The highest BCUT2D eigenvalue weighted by Gasteiger charge is 2.46. The summed E-state index contributed by atoms with van der Waals surface area (Å²) in [5.41, 5.74) is 3.88. The molecule has 2 aliphatic rings. The van der Waals surface area contributed by atoms with Crippen molar-refractivity contribution < 1.29 is 14.4 Å². The van der Waals surface area contributed by atoms with E-state index in [1.807, 2.05) is 84.9 Å². The summed E-state index contributed by atoms with van der Waals surface area (Å²) in [5, 5.41) is 1.92. The number of carbonyl (C=O) groups excluding carboxylic acids is 3. The quantitative estimate of drug-likeness (QED) is 0.302. The third-order valence-corrected chi connectivity index (χ3v) is 7.37. The molecule has 0 fully saturated rings. The third-order valence-electron chi connectivity index (χ3n) is 7.37. The smallest absolute Gasteiger partial charge is 0.273 e. The number of para-hydroxylation sites is 1. The highest BCUT2D eigenvalue weighted by atomic mass is 16.2. The van der Waals surface area contributed by atoms with Gasteiger partial charge in [0, 0.05) is 22.7 Å². The normalized spacial score (nSPS) is 16.6.